The number of hydrogen-bond acceptors (Lipinski definition) is 6. The molecule has 0 saturated carbocycles. The first-order valence-corrected chi connectivity index (χ1v) is 10.4. The van der Waals surface area contributed by atoms with Crippen LogP contribution in [0.3, 0.4) is 0 Å². The third kappa shape index (κ3) is 4.14. The van der Waals surface area contributed by atoms with Crippen LogP contribution in [0, 0.1) is 6.92 Å². The summed E-state index contributed by atoms with van der Waals surface area (Å²) < 4.78 is 1.56. The minimum atomic E-state index is -0.561. The standard InChI is InChI=1S/C23H26N6O2/c1-3-15-6-4-5-7-18(15)28-21-23(31)29-17(13-25-21)9-10-19(29)22(30)26-12-16-8-11-20(24)27-14(16)2/h4-8,11,13,19H,3,9-10,12H2,1-2H3,(H2,24,27)(H,25,28)(H,26,30)/t19-/m1/s1. The number of aromatic nitrogens is 3. The zero-order valence-corrected chi connectivity index (χ0v) is 17.7. The van der Waals surface area contributed by atoms with E-state index in [2.05, 4.69) is 27.5 Å². The number of pyridine rings is 1. The van der Waals surface area contributed by atoms with Gasteiger partial charge >= 0.3 is 0 Å². The summed E-state index contributed by atoms with van der Waals surface area (Å²) in [4.78, 5) is 34.7. The van der Waals surface area contributed by atoms with Crippen molar-refractivity contribution in [2.45, 2.75) is 45.7 Å². The number of nitrogens with one attached hydrogen (secondary N) is 2. The van der Waals surface area contributed by atoms with Crippen molar-refractivity contribution in [2.75, 3.05) is 11.1 Å². The number of nitrogens with two attached hydrogens (primary N) is 1. The summed E-state index contributed by atoms with van der Waals surface area (Å²) in [5.74, 6) is 0.479. The molecule has 3 aromatic rings. The Balaban J connectivity index is 1.55. The van der Waals surface area contributed by atoms with E-state index in [9.17, 15) is 9.59 Å². The Labute approximate surface area is 180 Å². The Morgan fingerprint density at radius 1 is 1.23 bits per heavy atom. The second kappa shape index (κ2) is 8.59. The summed E-state index contributed by atoms with van der Waals surface area (Å²) in [5, 5.41) is 6.09. The molecule has 1 aliphatic rings. The highest BCUT2D eigenvalue weighted by Gasteiger charge is 2.30. The summed E-state index contributed by atoms with van der Waals surface area (Å²) in [6.07, 6.45) is 3.71. The summed E-state index contributed by atoms with van der Waals surface area (Å²) >= 11 is 0. The second-order valence-electron chi connectivity index (χ2n) is 7.66. The molecule has 0 bridgehead atoms. The van der Waals surface area contributed by atoms with E-state index < -0.39 is 6.04 Å². The smallest absolute Gasteiger partial charge is 0.294 e. The van der Waals surface area contributed by atoms with Crippen molar-refractivity contribution in [2.24, 2.45) is 0 Å². The summed E-state index contributed by atoms with van der Waals surface area (Å²) in [6, 6.07) is 10.8. The van der Waals surface area contributed by atoms with E-state index >= 15 is 0 Å². The van der Waals surface area contributed by atoms with Gasteiger partial charge in [-0.3, -0.25) is 14.2 Å². The molecule has 0 radical (unpaired) electrons. The van der Waals surface area contributed by atoms with Gasteiger partial charge in [0.2, 0.25) is 5.91 Å². The van der Waals surface area contributed by atoms with Crippen molar-refractivity contribution < 1.29 is 4.79 Å². The number of rotatable bonds is 6. The zero-order valence-electron chi connectivity index (χ0n) is 17.7. The van der Waals surface area contributed by atoms with Crippen LogP contribution in [0.5, 0.6) is 0 Å². The number of carbonyl (C=O) groups excluding carboxylic acids is 1. The summed E-state index contributed by atoms with van der Waals surface area (Å²) in [7, 11) is 0. The van der Waals surface area contributed by atoms with Crippen LogP contribution in [0.2, 0.25) is 0 Å². The number of hydrogen-bond donors (Lipinski definition) is 3. The largest absolute Gasteiger partial charge is 0.384 e. The molecular formula is C23H26N6O2. The molecule has 8 heteroatoms. The predicted octanol–water partition coefficient (Wildman–Crippen LogP) is 2.64. The van der Waals surface area contributed by atoms with Gasteiger partial charge in [0.15, 0.2) is 5.82 Å². The van der Waals surface area contributed by atoms with Gasteiger partial charge in [0.1, 0.15) is 11.9 Å². The maximum absolute atomic E-state index is 13.2. The topological polar surface area (TPSA) is 115 Å². The number of anilines is 3. The second-order valence-corrected chi connectivity index (χ2v) is 7.66. The Hall–Kier alpha value is -3.68. The number of fused-ring (bicyclic) bond motifs is 1. The van der Waals surface area contributed by atoms with Gasteiger partial charge < -0.3 is 16.4 Å². The molecule has 0 spiro atoms. The first-order chi connectivity index (χ1) is 15.0. The first-order valence-electron chi connectivity index (χ1n) is 10.4. The van der Waals surface area contributed by atoms with Crippen molar-refractivity contribution in [3.8, 4) is 0 Å². The fourth-order valence-corrected chi connectivity index (χ4v) is 3.95. The van der Waals surface area contributed by atoms with Crippen molar-refractivity contribution in [1.82, 2.24) is 19.9 Å². The molecule has 0 unspecified atom stereocenters. The molecule has 4 N–H and O–H groups in total. The van der Waals surface area contributed by atoms with Gasteiger partial charge in [0.25, 0.3) is 5.56 Å². The van der Waals surface area contributed by atoms with Gasteiger partial charge in [-0.05, 0) is 49.4 Å². The minimum absolute atomic E-state index is 0.191. The van der Waals surface area contributed by atoms with Gasteiger partial charge in [-0.15, -0.1) is 0 Å². The molecular weight excluding hydrogens is 392 g/mol. The maximum Gasteiger partial charge on any atom is 0.294 e. The average Bonchev–Trinajstić information content (AvgIpc) is 3.20. The van der Waals surface area contributed by atoms with Crippen molar-refractivity contribution in [3.05, 3.63) is 75.5 Å². The van der Waals surface area contributed by atoms with Crippen molar-refractivity contribution >= 4 is 23.2 Å². The molecule has 31 heavy (non-hydrogen) atoms. The highest BCUT2D eigenvalue weighted by molar-refractivity contribution is 5.81. The minimum Gasteiger partial charge on any atom is -0.384 e. The predicted molar refractivity (Wildman–Crippen MR) is 120 cm³/mol. The summed E-state index contributed by atoms with van der Waals surface area (Å²) in [6.45, 7) is 4.24. The lowest BCUT2D eigenvalue weighted by molar-refractivity contribution is -0.124. The van der Waals surface area contributed by atoms with Gasteiger partial charge in [0.05, 0.1) is 0 Å². The highest BCUT2D eigenvalue weighted by Crippen LogP contribution is 2.25. The lowest BCUT2D eigenvalue weighted by atomic mass is 10.1. The Kier molecular flexibility index (Phi) is 5.70. The van der Waals surface area contributed by atoms with Crippen LogP contribution >= 0.6 is 0 Å². The lowest BCUT2D eigenvalue weighted by Crippen LogP contribution is -2.36. The monoisotopic (exact) mass is 418 g/mol. The van der Waals surface area contributed by atoms with Crippen molar-refractivity contribution in [1.29, 1.82) is 0 Å². The molecule has 4 rings (SSSR count). The van der Waals surface area contributed by atoms with E-state index in [1.165, 1.54) is 0 Å². The highest BCUT2D eigenvalue weighted by atomic mass is 16.2. The van der Waals surface area contributed by atoms with Gasteiger partial charge in [0, 0.05) is 29.8 Å². The number of aryl methyl sites for hydroxylation is 3. The van der Waals surface area contributed by atoms with Crippen molar-refractivity contribution in [3.63, 3.8) is 0 Å². The van der Waals surface area contributed by atoms with E-state index in [4.69, 9.17) is 5.73 Å². The number of para-hydroxylation sites is 1. The number of benzene rings is 1. The molecule has 2 aromatic heterocycles. The Morgan fingerprint density at radius 3 is 2.81 bits per heavy atom. The number of nitrogen functional groups attached to an aromatic ring is 1. The average molecular weight is 419 g/mol. The van der Waals surface area contributed by atoms with Crippen LogP contribution in [-0.2, 0) is 24.2 Å². The number of amides is 1. The Morgan fingerprint density at radius 2 is 2.03 bits per heavy atom. The van der Waals surface area contributed by atoms with Gasteiger partial charge in [-0.25, -0.2) is 9.97 Å². The molecule has 8 nitrogen and oxygen atoms in total. The normalized spacial score (nSPS) is 14.8. The third-order valence-electron chi connectivity index (χ3n) is 5.68. The zero-order chi connectivity index (χ0) is 22.0. The fraction of sp³-hybridized carbons (Fsp3) is 0.304. The fourth-order valence-electron chi connectivity index (χ4n) is 3.95. The van der Waals surface area contributed by atoms with E-state index in [-0.39, 0.29) is 17.3 Å². The molecule has 1 aliphatic heterocycles. The Bertz CT molecular complexity index is 1190. The molecule has 1 atom stereocenters. The van der Waals surface area contributed by atoms with E-state index in [0.29, 0.717) is 25.2 Å². The maximum atomic E-state index is 13.2. The van der Waals surface area contributed by atoms with Crippen LogP contribution in [0.1, 0.15) is 41.9 Å². The van der Waals surface area contributed by atoms with E-state index in [1.807, 2.05) is 37.3 Å². The SMILES string of the molecule is CCc1ccccc1Nc1ncc2n(c1=O)[C@@H](C(=O)NCc1ccc(N)nc1C)CC2. The molecule has 1 amide bonds. The van der Waals surface area contributed by atoms with E-state index in [0.717, 1.165) is 34.6 Å². The molecule has 0 saturated heterocycles. The molecule has 1 aromatic carbocycles. The van der Waals surface area contributed by atoms with Crippen LogP contribution in [0.25, 0.3) is 0 Å². The van der Waals surface area contributed by atoms with E-state index in [1.54, 1.807) is 16.8 Å². The van der Waals surface area contributed by atoms with Crippen LogP contribution in [0.15, 0.2) is 47.4 Å². The molecule has 160 valence electrons. The van der Waals surface area contributed by atoms with Gasteiger partial charge in [-0.1, -0.05) is 31.2 Å². The lowest BCUT2D eigenvalue weighted by Gasteiger charge is -2.17. The van der Waals surface area contributed by atoms with Crippen LogP contribution in [0.4, 0.5) is 17.3 Å². The number of carbonyl (C=O) groups is 1. The van der Waals surface area contributed by atoms with Crippen LogP contribution in [-0.4, -0.2) is 20.4 Å². The molecule has 0 aliphatic carbocycles. The van der Waals surface area contributed by atoms with Crippen LogP contribution < -0.4 is 21.9 Å². The number of nitrogens with zero attached hydrogens (tertiary/aromatic N) is 3. The third-order valence-corrected chi connectivity index (χ3v) is 5.68. The molecule has 3 heterocycles. The quantitative estimate of drug-likeness (QED) is 0.567. The molecule has 0 fully saturated rings. The summed E-state index contributed by atoms with van der Waals surface area (Å²) in [5.41, 5.74) is 9.78. The first kappa shape index (κ1) is 20.6. The van der Waals surface area contributed by atoms with Gasteiger partial charge in [-0.2, -0.15) is 0 Å².